The lowest BCUT2D eigenvalue weighted by Crippen LogP contribution is -2.29. The molecule has 6 nitrogen and oxygen atoms in total. The molecule has 0 aliphatic rings. The summed E-state index contributed by atoms with van der Waals surface area (Å²) in [7, 11) is 0. The van der Waals surface area contributed by atoms with Gasteiger partial charge in [-0.15, -0.1) is 0 Å². The van der Waals surface area contributed by atoms with E-state index in [1.54, 1.807) is 30.5 Å². The van der Waals surface area contributed by atoms with Crippen molar-refractivity contribution in [1.29, 1.82) is 0 Å². The van der Waals surface area contributed by atoms with Crippen LogP contribution in [0.4, 0.5) is 10.1 Å². The highest BCUT2D eigenvalue weighted by Crippen LogP contribution is 2.17. The molecule has 1 aromatic heterocycles. The van der Waals surface area contributed by atoms with Gasteiger partial charge in [0.05, 0.1) is 23.3 Å². The maximum atomic E-state index is 13.8. The number of carbonyl (C=O) groups excluding carboxylic acids is 2. The quantitative estimate of drug-likeness (QED) is 0.702. The summed E-state index contributed by atoms with van der Waals surface area (Å²) in [6.45, 7) is 3.78. The summed E-state index contributed by atoms with van der Waals surface area (Å²) in [5, 5.41) is 5.39. The molecule has 3 rings (SSSR count). The van der Waals surface area contributed by atoms with Gasteiger partial charge < -0.3 is 15.2 Å². The molecule has 0 aliphatic heterocycles. The minimum Gasteiger partial charge on any atom is -0.349 e. The lowest BCUT2D eigenvalue weighted by molar-refractivity contribution is -0.124. The molecule has 0 aliphatic carbocycles. The van der Waals surface area contributed by atoms with Crippen LogP contribution in [0.1, 0.15) is 19.7 Å². The van der Waals surface area contributed by atoms with Crippen molar-refractivity contribution in [3.05, 3.63) is 60.2 Å². The Labute approximate surface area is 156 Å². The number of fused-ring (bicyclic) bond motifs is 1. The van der Waals surface area contributed by atoms with E-state index in [0.717, 1.165) is 11.0 Å². The molecule has 0 spiro atoms. The normalized spacial score (nSPS) is 11.0. The van der Waals surface area contributed by atoms with E-state index in [1.165, 1.54) is 12.1 Å². The lowest BCUT2D eigenvalue weighted by Gasteiger charge is -2.12. The Hall–Kier alpha value is -3.22. The van der Waals surface area contributed by atoms with Crippen molar-refractivity contribution in [2.24, 2.45) is 5.92 Å². The number of nitrogens with zero attached hydrogens (tertiary/aromatic N) is 2. The molecule has 2 N–H and O–H groups in total. The highest BCUT2D eigenvalue weighted by molar-refractivity contribution is 5.91. The van der Waals surface area contributed by atoms with Crippen molar-refractivity contribution in [3.8, 4) is 0 Å². The number of benzene rings is 2. The van der Waals surface area contributed by atoms with Crippen LogP contribution in [0, 0.1) is 11.7 Å². The first-order valence-electron chi connectivity index (χ1n) is 8.72. The van der Waals surface area contributed by atoms with Gasteiger partial charge in [0.2, 0.25) is 11.8 Å². The van der Waals surface area contributed by atoms with Gasteiger partial charge in [0.15, 0.2) is 0 Å². The van der Waals surface area contributed by atoms with Crippen LogP contribution in [-0.4, -0.2) is 21.4 Å². The zero-order valence-electron chi connectivity index (χ0n) is 15.2. The zero-order valence-corrected chi connectivity index (χ0v) is 15.2. The molecule has 0 bridgehead atoms. The second kappa shape index (κ2) is 7.99. The van der Waals surface area contributed by atoms with Crippen LogP contribution in [-0.2, 0) is 22.7 Å². The summed E-state index contributed by atoms with van der Waals surface area (Å²) >= 11 is 0. The van der Waals surface area contributed by atoms with Gasteiger partial charge in [-0.1, -0.05) is 38.1 Å². The van der Waals surface area contributed by atoms with Gasteiger partial charge in [0, 0.05) is 5.92 Å². The molecular formula is C20H21FN4O2. The molecule has 0 unspecified atom stereocenters. The van der Waals surface area contributed by atoms with Crippen LogP contribution in [0.3, 0.4) is 0 Å². The standard InChI is InChI=1S/C20H21FN4O2/c1-13(2)20(27)22-11-18-23-16-9-5-6-10-17(16)25(18)12-19(26)24-15-8-4-3-7-14(15)21/h3-10,13H,11-12H2,1-2H3,(H,22,27)(H,24,26). The second-order valence-electron chi connectivity index (χ2n) is 6.50. The third-order valence-corrected chi connectivity index (χ3v) is 4.13. The predicted octanol–water partition coefficient (Wildman–Crippen LogP) is 3.09. The average Bonchev–Trinajstić information content (AvgIpc) is 2.99. The summed E-state index contributed by atoms with van der Waals surface area (Å²) in [6.07, 6.45) is 0. The Morgan fingerprint density at radius 3 is 2.56 bits per heavy atom. The van der Waals surface area contributed by atoms with Gasteiger partial charge in [-0.2, -0.15) is 0 Å². The minimum absolute atomic E-state index is 0.0400. The largest absolute Gasteiger partial charge is 0.349 e. The molecule has 2 amide bonds. The number of carbonyl (C=O) groups is 2. The molecule has 27 heavy (non-hydrogen) atoms. The van der Waals surface area contributed by atoms with Crippen LogP contribution in [0.2, 0.25) is 0 Å². The van der Waals surface area contributed by atoms with E-state index in [0.29, 0.717) is 5.82 Å². The van der Waals surface area contributed by atoms with Crippen molar-refractivity contribution in [2.45, 2.75) is 26.9 Å². The molecule has 0 saturated heterocycles. The first kappa shape index (κ1) is 18.6. The lowest BCUT2D eigenvalue weighted by atomic mass is 10.2. The molecule has 3 aromatic rings. The smallest absolute Gasteiger partial charge is 0.244 e. The molecule has 0 fully saturated rings. The predicted molar refractivity (Wildman–Crippen MR) is 101 cm³/mol. The molecular weight excluding hydrogens is 347 g/mol. The van der Waals surface area contributed by atoms with Crippen LogP contribution in [0.25, 0.3) is 11.0 Å². The van der Waals surface area contributed by atoms with Crippen LogP contribution in [0.5, 0.6) is 0 Å². The Bertz CT molecular complexity index is 981. The minimum atomic E-state index is -0.495. The number of hydrogen-bond donors (Lipinski definition) is 2. The van der Waals surface area contributed by atoms with Gasteiger partial charge in [0.25, 0.3) is 0 Å². The molecule has 0 atom stereocenters. The van der Waals surface area contributed by atoms with Crippen LogP contribution >= 0.6 is 0 Å². The fourth-order valence-electron chi connectivity index (χ4n) is 2.70. The van der Waals surface area contributed by atoms with E-state index in [1.807, 2.05) is 24.3 Å². The van der Waals surface area contributed by atoms with Crippen LogP contribution in [0.15, 0.2) is 48.5 Å². The van der Waals surface area contributed by atoms with E-state index < -0.39 is 5.82 Å². The van der Waals surface area contributed by atoms with Gasteiger partial charge in [0.1, 0.15) is 18.2 Å². The number of nitrogens with one attached hydrogen (secondary N) is 2. The van der Waals surface area contributed by atoms with Gasteiger partial charge in [-0.25, -0.2) is 9.37 Å². The van der Waals surface area contributed by atoms with Crippen LogP contribution < -0.4 is 10.6 Å². The number of amides is 2. The van der Waals surface area contributed by atoms with Gasteiger partial charge in [-0.3, -0.25) is 9.59 Å². The van der Waals surface area contributed by atoms with Crippen molar-refractivity contribution >= 4 is 28.5 Å². The summed E-state index contributed by atoms with van der Waals surface area (Å²) in [6, 6.07) is 13.4. The van der Waals surface area contributed by atoms with E-state index in [-0.39, 0.29) is 36.5 Å². The first-order chi connectivity index (χ1) is 13.0. The number of para-hydroxylation sites is 3. The fraction of sp³-hybridized carbons (Fsp3) is 0.250. The van der Waals surface area contributed by atoms with Gasteiger partial charge in [-0.05, 0) is 24.3 Å². The van der Waals surface area contributed by atoms with E-state index in [4.69, 9.17) is 0 Å². The van der Waals surface area contributed by atoms with E-state index in [9.17, 15) is 14.0 Å². The Morgan fingerprint density at radius 2 is 1.81 bits per heavy atom. The van der Waals surface area contributed by atoms with Crippen molar-refractivity contribution in [2.75, 3.05) is 5.32 Å². The third-order valence-electron chi connectivity index (χ3n) is 4.13. The Morgan fingerprint density at radius 1 is 1.11 bits per heavy atom. The highest BCUT2D eigenvalue weighted by atomic mass is 19.1. The fourth-order valence-corrected chi connectivity index (χ4v) is 2.70. The Kier molecular flexibility index (Phi) is 5.49. The number of rotatable bonds is 6. The SMILES string of the molecule is CC(C)C(=O)NCc1nc2ccccc2n1CC(=O)Nc1ccccc1F. The molecule has 7 heteroatoms. The number of halogens is 1. The highest BCUT2D eigenvalue weighted by Gasteiger charge is 2.16. The second-order valence-corrected chi connectivity index (χ2v) is 6.50. The first-order valence-corrected chi connectivity index (χ1v) is 8.72. The molecule has 0 saturated carbocycles. The monoisotopic (exact) mass is 368 g/mol. The van der Waals surface area contributed by atoms with Crippen molar-refractivity contribution < 1.29 is 14.0 Å². The molecule has 0 radical (unpaired) electrons. The molecule has 2 aromatic carbocycles. The van der Waals surface area contributed by atoms with Crippen molar-refractivity contribution in [3.63, 3.8) is 0 Å². The van der Waals surface area contributed by atoms with E-state index in [2.05, 4.69) is 15.6 Å². The van der Waals surface area contributed by atoms with E-state index >= 15 is 0 Å². The number of imidazole rings is 1. The summed E-state index contributed by atoms with van der Waals surface area (Å²) in [4.78, 5) is 28.9. The summed E-state index contributed by atoms with van der Waals surface area (Å²) in [5.74, 6) is -0.545. The van der Waals surface area contributed by atoms with Gasteiger partial charge >= 0.3 is 0 Å². The summed E-state index contributed by atoms with van der Waals surface area (Å²) in [5.41, 5.74) is 1.63. The zero-order chi connectivity index (χ0) is 19.4. The number of hydrogen-bond acceptors (Lipinski definition) is 3. The number of aromatic nitrogens is 2. The number of anilines is 1. The topological polar surface area (TPSA) is 76.0 Å². The third kappa shape index (κ3) is 4.31. The molecule has 1 heterocycles. The summed E-state index contributed by atoms with van der Waals surface area (Å²) < 4.78 is 15.5. The molecule has 140 valence electrons. The maximum absolute atomic E-state index is 13.8. The Balaban J connectivity index is 1.83. The van der Waals surface area contributed by atoms with Crippen molar-refractivity contribution in [1.82, 2.24) is 14.9 Å². The average molecular weight is 368 g/mol. The maximum Gasteiger partial charge on any atom is 0.244 e.